The van der Waals surface area contributed by atoms with Crippen molar-refractivity contribution in [3.63, 3.8) is 0 Å². The number of hydrogen-bond acceptors (Lipinski definition) is 4. The van der Waals surface area contributed by atoms with Crippen LogP contribution in [-0.4, -0.2) is 40.6 Å². The number of carbonyl (C=O) groups excluding carboxylic acids is 1. The van der Waals surface area contributed by atoms with Crippen LogP contribution in [0.5, 0.6) is 0 Å². The highest BCUT2D eigenvalue weighted by Gasteiger charge is 2.28. The second-order valence-electron chi connectivity index (χ2n) is 8.63. The molecule has 1 aromatic heterocycles. The predicted octanol–water partition coefficient (Wildman–Crippen LogP) is 5.11. The van der Waals surface area contributed by atoms with Crippen LogP contribution in [0.3, 0.4) is 0 Å². The van der Waals surface area contributed by atoms with Gasteiger partial charge >= 0.3 is 0 Å². The maximum atomic E-state index is 13.7. The number of para-hydroxylation sites is 2. The van der Waals surface area contributed by atoms with E-state index in [9.17, 15) is 9.59 Å². The van der Waals surface area contributed by atoms with Gasteiger partial charge in [0.1, 0.15) is 5.82 Å². The van der Waals surface area contributed by atoms with Crippen LogP contribution in [0.1, 0.15) is 47.2 Å². The molecule has 180 valence electrons. The number of rotatable bonds is 8. The Morgan fingerprint density at radius 1 is 1.03 bits per heavy atom. The van der Waals surface area contributed by atoms with Gasteiger partial charge in [-0.05, 0) is 61.7 Å². The molecule has 1 amide bonds. The Labute approximate surface area is 205 Å². The van der Waals surface area contributed by atoms with E-state index in [1.54, 1.807) is 22.6 Å². The first-order valence-corrected chi connectivity index (χ1v) is 11.9. The smallest absolute Gasteiger partial charge is 0.266 e. The topological polar surface area (TPSA) is 64.4 Å². The standard InChI is InChI=1S/C29H31N3O3/c1-5-22-14-16-23(17-15-22)28(33)31(18-19-35-4)21(3)27-30-25-12-8-7-11-24(25)29(34)32(27)26-13-9-6-10-20(26)2/h6-17,21H,5,18-19H2,1-4H3. The van der Waals surface area contributed by atoms with E-state index in [0.29, 0.717) is 35.4 Å². The summed E-state index contributed by atoms with van der Waals surface area (Å²) in [6, 6.07) is 22.2. The van der Waals surface area contributed by atoms with Crippen molar-refractivity contribution in [2.24, 2.45) is 0 Å². The van der Waals surface area contributed by atoms with Gasteiger partial charge in [0.15, 0.2) is 0 Å². The maximum absolute atomic E-state index is 13.7. The van der Waals surface area contributed by atoms with Crippen molar-refractivity contribution in [1.82, 2.24) is 14.5 Å². The lowest BCUT2D eigenvalue weighted by atomic mass is 10.1. The molecule has 0 aliphatic heterocycles. The van der Waals surface area contributed by atoms with E-state index in [0.717, 1.165) is 17.7 Å². The van der Waals surface area contributed by atoms with Crippen molar-refractivity contribution in [3.8, 4) is 5.69 Å². The molecule has 0 N–H and O–H groups in total. The molecule has 0 aliphatic carbocycles. The fraction of sp³-hybridized carbons (Fsp3) is 0.276. The highest BCUT2D eigenvalue weighted by atomic mass is 16.5. The molecule has 4 aromatic rings. The molecule has 4 rings (SSSR count). The van der Waals surface area contributed by atoms with E-state index in [1.165, 1.54) is 5.56 Å². The van der Waals surface area contributed by atoms with Crippen molar-refractivity contribution in [1.29, 1.82) is 0 Å². The second-order valence-corrected chi connectivity index (χ2v) is 8.63. The largest absolute Gasteiger partial charge is 0.383 e. The molecule has 0 fully saturated rings. The third-order valence-corrected chi connectivity index (χ3v) is 6.41. The van der Waals surface area contributed by atoms with Gasteiger partial charge in [0.05, 0.1) is 29.2 Å². The average molecular weight is 470 g/mol. The Bertz CT molecular complexity index is 1390. The lowest BCUT2D eigenvalue weighted by Gasteiger charge is -2.31. The van der Waals surface area contributed by atoms with Gasteiger partial charge in [-0.1, -0.05) is 49.4 Å². The summed E-state index contributed by atoms with van der Waals surface area (Å²) in [5.41, 5.74) is 3.92. The zero-order valence-corrected chi connectivity index (χ0v) is 20.7. The summed E-state index contributed by atoms with van der Waals surface area (Å²) in [6.45, 7) is 6.70. The fourth-order valence-electron chi connectivity index (χ4n) is 4.33. The molecule has 6 nitrogen and oxygen atoms in total. The average Bonchev–Trinajstić information content (AvgIpc) is 2.89. The molecule has 3 aromatic carbocycles. The molecule has 0 saturated heterocycles. The van der Waals surface area contributed by atoms with Crippen LogP contribution in [-0.2, 0) is 11.2 Å². The Balaban J connectivity index is 1.89. The molecular formula is C29H31N3O3. The lowest BCUT2D eigenvalue weighted by molar-refractivity contribution is 0.0605. The number of fused-ring (bicyclic) bond motifs is 1. The molecule has 0 bridgehead atoms. The molecule has 1 unspecified atom stereocenters. The van der Waals surface area contributed by atoms with E-state index in [1.807, 2.05) is 80.6 Å². The highest BCUT2D eigenvalue weighted by Crippen LogP contribution is 2.25. The number of amides is 1. The fourth-order valence-corrected chi connectivity index (χ4v) is 4.33. The van der Waals surface area contributed by atoms with Crippen LogP contribution in [0.25, 0.3) is 16.6 Å². The molecule has 0 saturated carbocycles. The number of ether oxygens (including phenoxy) is 1. The van der Waals surface area contributed by atoms with Gasteiger partial charge in [-0.3, -0.25) is 14.2 Å². The van der Waals surface area contributed by atoms with Gasteiger partial charge < -0.3 is 9.64 Å². The minimum atomic E-state index is -0.486. The van der Waals surface area contributed by atoms with Crippen LogP contribution in [0.15, 0.2) is 77.6 Å². The first kappa shape index (κ1) is 24.4. The van der Waals surface area contributed by atoms with Gasteiger partial charge in [0.2, 0.25) is 0 Å². The summed E-state index contributed by atoms with van der Waals surface area (Å²) in [5.74, 6) is 0.383. The quantitative estimate of drug-likeness (QED) is 0.360. The Kier molecular flexibility index (Phi) is 7.42. The number of methoxy groups -OCH3 is 1. The lowest BCUT2D eigenvalue weighted by Crippen LogP contribution is -2.39. The van der Waals surface area contributed by atoms with Crippen LogP contribution in [0.2, 0.25) is 0 Å². The molecule has 0 aliphatic rings. The monoisotopic (exact) mass is 469 g/mol. The number of benzene rings is 3. The zero-order chi connectivity index (χ0) is 24.9. The van der Waals surface area contributed by atoms with Crippen LogP contribution < -0.4 is 5.56 Å². The Morgan fingerprint density at radius 3 is 2.40 bits per heavy atom. The normalized spacial score (nSPS) is 12.0. The summed E-state index contributed by atoms with van der Waals surface area (Å²) in [7, 11) is 1.61. The second kappa shape index (κ2) is 10.7. The van der Waals surface area contributed by atoms with Gasteiger partial charge in [0, 0.05) is 19.2 Å². The van der Waals surface area contributed by atoms with Crippen molar-refractivity contribution in [3.05, 3.63) is 106 Å². The maximum Gasteiger partial charge on any atom is 0.266 e. The molecule has 1 heterocycles. The summed E-state index contributed by atoms with van der Waals surface area (Å²) in [4.78, 5) is 34.1. The third-order valence-electron chi connectivity index (χ3n) is 6.41. The number of carbonyl (C=O) groups is 1. The minimum absolute atomic E-state index is 0.129. The van der Waals surface area contributed by atoms with E-state index < -0.39 is 6.04 Å². The highest BCUT2D eigenvalue weighted by molar-refractivity contribution is 5.94. The van der Waals surface area contributed by atoms with Gasteiger partial charge in [-0.2, -0.15) is 0 Å². The van der Waals surface area contributed by atoms with E-state index in [2.05, 4.69) is 6.92 Å². The summed E-state index contributed by atoms with van der Waals surface area (Å²) in [6.07, 6.45) is 0.905. The Hall–Kier alpha value is -3.77. The number of aryl methyl sites for hydroxylation is 2. The van der Waals surface area contributed by atoms with Gasteiger partial charge in [-0.15, -0.1) is 0 Å². The minimum Gasteiger partial charge on any atom is -0.383 e. The van der Waals surface area contributed by atoms with Crippen LogP contribution >= 0.6 is 0 Å². The van der Waals surface area contributed by atoms with Crippen LogP contribution in [0, 0.1) is 6.92 Å². The Morgan fingerprint density at radius 2 is 1.71 bits per heavy atom. The summed E-state index contributed by atoms with van der Waals surface area (Å²) < 4.78 is 6.97. The van der Waals surface area contributed by atoms with E-state index in [4.69, 9.17) is 9.72 Å². The van der Waals surface area contributed by atoms with E-state index >= 15 is 0 Å². The van der Waals surface area contributed by atoms with Crippen molar-refractivity contribution >= 4 is 16.8 Å². The SMILES string of the molecule is CCc1ccc(C(=O)N(CCOC)C(C)c2nc3ccccc3c(=O)n2-c2ccccc2C)cc1. The molecule has 6 heteroatoms. The summed E-state index contributed by atoms with van der Waals surface area (Å²) in [5, 5.41) is 0.539. The zero-order valence-electron chi connectivity index (χ0n) is 20.7. The molecule has 35 heavy (non-hydrogen) atoms. The molecular weight excluding hydrogens is 438 g/mol. The molecule has 0 spiro atoms. The van der Waals surface area contributed by atoms with Crippen LogP contribution in [0.4, 0.5) is 0 Å². The molecule has 0 radical (unpaired) electrons. The number of hydrogen-bond donors (Lipinski definition) is 0. The van der Waals surface area contributed by atoms with Crippen molar-refractivity contribution in [2.75, 3.05) is 20.3 Å². The number of aromatic nitrogens is 2. The summed E-state index contributed by atoms with van der Waals surface area (Å²) >= 11 is 0. The van der Waals surface area contributed by atoms with Gasteiger partial charge in [-0.25, -0.2) is 4.98 Å². The van der Waals surface area contributed by atoms with Crippen molar-refractivity contribution < 1.29 is 9.53 Å². The van der Waals surface area contributed by atoms with E-state index in [-0.39, 0.29) is 11.5 Å². The third kappa shape index (κ3) is 4.88. The van der Waals surface area contributed by atoms with Gasteiger partial charge in [0.25, 0.3) is 11.5 Å². The van der Waals surface area contributed by atoms with Crippen molar-refractivity contribution in [2.45, 2.75) is 33.2 Å². The first-order valence-electron chi connectivity index (χ1n) is 11.9. The number of nitrogens with zero attached hydrogens (tertiary/aromatic N) is 3. The predicted molar refractivity (Wildman–Crippen MR) is 139 cm³/mol. The molecule has 1 atom stereocenters. The first-order chi connectivity index (χ1) is 17.0.